The normalized spacial score (nSPS) is 42.8. The van der Waals surface area contributed by atoms with Gasteiger partial charge < -0.3 is 0 Å². The first-order chi connectivity index (χ1) is 7.05. The highest BCUT2D eigenvalue weighted by atomic mass is 32.2. The van der Waals surface area contributed by atoms with Crippen molar-refractivity contribution < 1.29 is 4.21 Å². The molecule has 1 saturated heterocycles. The van der Waals surface area contributed by atoms with E-state index in [4.69, 9.17) is 4.78 Å². The molecule has 3 nitrogen and oxygen atoms in total. The third kappa shape index (κ3) is 2.02. The molecule has 0 bridgehead atoms. The Morgan fingerprint density at radius 2 is 2.00 bits per heavy atom. The average Bonchev–Trinajstić information content (AvgIpc) is 2.47. The van der Waals surface area contributed by atoms with E-state index < -0.39 is 9.73 Å². The zero-order valence-electron chi connectivity index (χ0n) is 11.0. The van der Waals surface area contributed by atoms with Gasteiger partial charge in [-0.15, -0.1) is 0 Å². The predicted octanol–water partition coefficient (Wildman–Crippen LogP) is 2.31. The summed E-state index contributed by atoms with van der Waals surface area (Å²) in [5.41, 5.74) is 0.402. The van der Waals surface area contributed by atoms with E-state index >= 15 is 0 Å². The molecule has 4 atom stereocenters. The third-order valence-corrected chi connectivity index (χ3v) is 5.12. The molecular weight excluding hydrogens is 220 g/mol. The largest absolute Gasteiger partial charge is 0.292 e. The lowest BCUT2D eigenvalue weighted by Gasteiger charge is -2.37. The summed E-state index contributed by atoms with van der Waals surface area (Å²) in [7, 11) is -2.34. The van der Waals surface area contributed by atoms with E-state index in [1.54, 1.807) is 6.26 Å². The van der Waals surface area contributed by atoms with Gasteiger partial charge in [0, 0.05) is 44.8 Å². The summed E-state index contributed by atoms with van der Waals surface area (Å²) < 4.78 is 19.3. The minimum absolute atomic E-state index is 0.193. The third-order valence-electron chi connectivity index (χ3n) is 4.00. The van der Waals surface area contributed by atoms with Gasteiger partial charge in [-0.25, -0.2) is 0 Å². The topological polar surface area (TPSA) is 44.2 Å². The van der Waals surface area contributed by atoms with Crippen molar-refractivity contribution in [2.75, 3.05) is 12.0 Å². The van der Waals surface area contributed by atoms with Gasteiger partial charge in [0.2, 0.25) is 0 Å². The summed E-state index contributed by atoms with van der Waals surface area (Å²) in [5.74, 6) is 0.599. The van der Waals surface area contributed by atoms with Crippen LogP contribution in [0.25, 0.3) is 0 Å². The SMILES string of the molecule is C[C@@H]1C[C@@]2(CS(C)(=N)=O)CC2N1C(C)(C)C. The van der Waals surface area contributed by atoms with E-state index in [0.29, 0.717) is 17.8 Å². The lowest BCUT2D eigenvalue weighted by atomic mass is 10.0. The fourth-order valence-electron chi connectivity index (χ4n) is 3.82. The molecule has 0 aromatic rings. The molecule has 1 aliphatic carbocycles. The Balaban J connectivity index is 2.17. The molecule has 0 spiro atoms. The second-order valence-electron chi connectivity index (χ2n) is 6.86. The fraction of sp³-hybridized carbons (Fsp3) is 1.00. The van der Waals surface area contributed by atoms with Crippen molar-refractivity contribution in [2.45, 2.75) is 58.2 Å². The lowest BCUT2D eigenvalue weighted by molar-refractivity contribution is 0.104. The fourth-order valence-corrected chi connectivity index (χ4v) is 5.35. The van der Waals surface area contributed by atoms with Crippen LogP contribution in [0.15, 0.2) is 0 Å². The predicted molar refractivity (Wildman–Crippen MR) is 68.2 cm³/mol. The summed E-state index contributed by atoms with van der Waals surface area (Å²) in [4.78, 5) is 2.57. The van der Waals surface area contributed by atoms with Crippen LogP contribution < -0.4 is 0 Å². The Kier molecular flexibility index (Phi) is 2.49. The van der Waals surface area contributed by atoms with Crippen molar-refractivity contribution in [2.24, 2.45) is 5.41 Å². The van der Waals surface area contributed by atoms with Gasteiger partial charge in [0.05, 0.1) is 0 Å². The Morgan fingerprint density at radius 3 is 2.38 bits per heavy atom. The van der Waals surface area contributed by atoms with E-state index in [2.05, 4.69) is 32.6 Å². The quantitative estimate of drug-likeness (QED) is 0.810. The summed E-state index contributed by atoms with van der Waals surface area (Å²) >= 11 is 0. The van der Waals surface area contributed by atoms with Crippen LogP contribution in [0.3, 0.4) is 0 Å². The smallest absolute Gasteiger partial charge is 0.0418 e. The van der Waals surface area contributed by atoms with Crippen LogP contribution in [-0.4, -0.2) is 38.7 Å². The van der Waals surface area contributed by atoms with Gasteiger partial charge in [-0.2, -0.15) is 0 Å². The van der Waals surface area contributed by atoms with Crippen LogP contribution in [0.2, 0.25) is 0 Å². The van der Waals surface area contributed by atoms with Gasteiger partial charge in [-0.3, -0.25) is 13.9 Å². The minimum atomic E-state index is -2.34. The molecule has 0 aromatic heterocycles. The van der Waals surface area contributed by atoms with Crippen LogP contribution >= 0.6 is 0 Å². The molecule has 94 valence electrons. The molecule has 1 N–H and O–H groups in total. The number of nitrogens with zero attached hydrogens (tertiary/aromatic N) is 1. The maximum atomic E-state index is 11.7. The van der Waals surface area contributed by atoms with Gasteiger partial charge in [-0.1, -0.05) is 0 Å². The Hall–Kier alpha value is -0.0900. The van der Waals surface area contributed by atoms with Crippen LogP contribution in [0.1, 0.15) is 40.5 Å². The van der Waals surface area contributed by atoms with Crippen molar-refractivity contribution in [1.82, 2.24) is 4.90 Å². The second kappa shape index (κ2) is 3.22. The first kappa shape index (κ1) is 12.4. The number of fused-ring (bicyclic) bond motifs is 1. The summed E-state index contributed by atoms with van der Waals surface area (Å²) in [6.07, 6.45) is 3.86. The number of hydrogen-bond donors (Lipinski definition) is 1. The molecule has 1 heterocycles. The van der Waals surface area contributed by atoms with E-state index in [-0.39, 0.29) is 11.0 Å². The summed E-state index contributed by atoms with van der Waals surface area (Å²) in [6, 6.07) is 1.15. The number of rotatable bonds is 2. The van der Waals surface area contributed by atoms with Crippen molar-refractivity contribution in [3.63, 3.8) is 0 Å². The zero-order valence-corrected chi connectivity index (χ0v) is 11.9. The molecule has 4 heteroatoms. The van der Waals surface area contributed by atoms with Gasteiger partial charge in [0.25, 0.3) is 0 Å². The standard InChI is InChI=1S/C12H24N2OS/c1-9-6-12(8-16(5,13)15)7-10(12)14(9)11(2,3)4/h9-10,13H,6-8H2,1-5H3/t9-,10?,12+,16?/m1/s1. The first-order valence-electron chi connectivity index (χ1n) is 6.05. The van der Waals surface area contributed by atoms with E-state index in [1.165, 1.54) is 0 Å². The van der Waals surface area contributed by atoms with Crippen LogP contribution in [0.4, 0.5) is 0 Å². The van der Waals surface area contributed by atoms with E-state index in [0.717, 1.165) is 12.8 Å². The lowest BCUT2D eigenvalue weighted by Crippen LogP contribution is -2.45. The van der Waals surface area contributed by atoms with Crippen molar-refractivity contribution in [1.29, 1.82) is 4.78 Å². The molecule has 2 aliphatic rings. The molecule has 2 rings (SSSR count). The highest BCUT2D eigenvalue weighted by Crippen LogP contribution is 2.61. The van der Waals surface area contributed by atoms with Crippen molar-refractivity contribution in [3.8, 4) is 0 Å². The Morgan fingerprint density at radius 1 is 1.44 bits per heavy atom. The van der Waals surface area contributed by atoms with E-state index in [1.807, 2.05) is 0 Å². The monoisotopic (exact) mass is 244 g/mol. The van der Waals surface area contributed by atoms with Gasteiger partial charge in [0.15, 0.2) is 0 Å². The number of piperidine rings is 1. The molecule has 1 saturated carbocycles. The van der Waals surface area contributed by atoms with Gasteiger partial charge >= 0.3 is 0 Å². The summed E-state index contributed by atoms with van der Waals surface area (Å²) in [5, 5.41) is 0. The van der Waals surface area contributed by atoms with Crippen LogP contribution in [0, 0.1) is 10.2 Å². The highest BCUT2D eigenvalue weighted by molar-refractivity contribution is 7.91. The molecule has 0 amide bonds. The molecule has 0 radical (unpaired) electrons. The highest BCUT2D eigenvalue weighted by Gasteiger charge is 2.65. The molecule has 2 unspecified atom stereocenters. The Labute approximate surface area is 99.6 Å². The van der Waals surface area contributed by atoms with Gasteiger partial charge in [0.1, 0.15) is 0 Å². The molecule has 2 fully saturated rings. The van der Waals surface area contributed by atoms with E-state index in [9.17, 15) is 4.21 Å². The molecular formula is C12H24N2OS. The number of nitrogens with one attached hydrogen (secondary N) is 1. The molecule has 16 heavy (non-hydrogen) atoms. The minimum Gasteiger partial charge on any atom is -0.292 e. The molecule has 0 aromatic carbocycles. The molecule has 1 aliphatic heterocycles. The second-order valence-corrected chi connectivity index (χ2v) is 9.16. The average molecular weight is 244 g/mol. The van der Waals surface area contributed by atoms with Crippen molar-refractivity contribution in [3.05, 3.63) is 0 Å². The zero-order chi connectivity index (χ0) is 12.4. The Bertz CT molecular complexity index is 396. The first-order valence-corrected chi connectivity index (χ1v) is 8.19. The van der Waals surface area contributed by atoms with Crippen LogP contribution in [-0.2, 0) is 9.73 Å². The van der Waals surface area contributed by atoms with Crippen molar-refractivity contribution >= 4 is 9.73 Å². The number of likely N-dealkylation sites (tertiary alicyclic amines) is 1. The maximum absolute atomic E-state index is 11.7. The maximum Gasteiger partial charge on any atom is 0.0418 e. The van der Waals surface area contributed by atoms with Gasteiger partial charge in [-0.05, 0) is 40.5 Å². The number of hydrogen-bond acceptors (Lipinski definition) is 3. The summed E-state index contributed by atoms with van der Waals surface area (Å²) in [6.45, 7) is 9.02. The van der Waals surface area contributed by atoms with Crippen LogP contribution in [0.5, 0.6) is 0 Å².